The summed E-state index contributed by atoms with van der Waals surface area (Å²) in [5.74, 6) is -2.22. The molecule has 1 unspecified atom stereocenters. The second-order valence-electron chi connectivity index (χ2n) is 6.58. The van der Waals surface area contributed by atoms with Gasteiger partial charge in [-0.3, -0.25) is 19.9 Å². The van der Waals surface area contributed by atoms with Crippen molar-refractivity contribution in [1.82, 2.24) is 15.1 Å². The molecule has 1 fully saturated rings. The van der Waals surface area contributed by atoms with Crippen LogP contribution in [0.2, 0.25) is 0 Å². The predicted octanol–water partition coefficient (Wildman–Crippen LogP) is 1.34. The molecule has 2 amide bonds. The van der Waals surface area contributed by atoms with E-state index in [-0.39, 0.29) is 35.8 Å². The summed E-state index contributed by atoms with van der Waals surface area (Å²) in [7, 11) is 1.69. The molecule has 2 aliphatic heterocycles. The molecule has 28 heavy (non-hydrogen) atoms. The zero-order valence-electron chi connectivity index (χ0n) is 15.5. The van der Waals surface area contributed by atoms with Crippen LogP contribution in [0.25, 0.3) is 0 Å². The molecule has 8 nitrogen and oxygen atoms in total. The number of carbonyl (C=O) groups is 2. The topological polar surface area (TPSA) is 106 Å². The Morgan fingerprint density at radius 3 is 2.89 bits per heavy atom. The van der Waals surface area contributed by atoms with Crippen LogP contribution >= 0.6 is 0 Å². The fourth-order valence-corrected chi connectivity index (χ4v) is 3.32. The van der Waals surface area contributed by atoms with Crippen molar-refractivity contribution in [1.29, 1.82) is 5.41 Å². The lowest BCUT2D eigenvalue weighted by Gasteiger charge is -2.23. The Hall–Kier alpha value is -3.36. The van der Waals surface area contributed by atoms with Crippen LogP contribution in [-0.4, -0.2) is 58.2 Å². The molecule has 0 spiro atoms. The van der Waals surface area contributed by atoms with Crippen molar-refractivity contribution in [3.05, 3.63) is 48.1 Å². The van der Waals surface area contributed by atoms with Crippen LogP contribution in [-0.2, 0) is 9.59 Å². The van der Waals surface area contributed by atoms with Gasteiger partial charge in [-0.15, -0.1) is 0 Å². The van der Waals surface area contributed by atoms with Crippen molar-refractivity contribution in [3.63, 3.8) is 0 Å². The molecule has 148 valence electrons. The van der Waals surface area contributed by atoms with E-state index < -0.39 is 23.5 Å². The highest BCUT2D eigenvalue weighted by molar-refractivity contribution is 6.07. The Kier molecular flexibility index (Phi) is 5.34. The van der Waals surface area contributed by atoms with E-state index in [0.29, 0.717) is 6.42 Å². The SMILES string of the molecule is CN/C=C\C(=N)N1C(=O)[C@@H](N2CC(Oc3cccc(O)c3F)=CC2=O)CC1C. The summed E-state index contributed by atoms with van der Waals surface area (Å²) >= 11 is 0. The van der Waals surface area contributed by atoms with Crippen LogP contribution < -0.4 is 10.1 Å². The highest BCUT2D eigenvalue weighted by Crippen LogP contribution is 2.30. The van der Waals surface area contributed by atoms with Gasteiger partial charge in [-0.1, -0.05) is 6.07 Å². The number of ether oxygens (including phenoxy) is 1. The minimum Gasteiger partial charge on any atom is -0.505 e. The van der Waals surface area contributed by atoms with Gasteiger partial charge in [0.25, 0.3) is 11.8 Å². The van der Waals surface area contributed by atoms with E-state index in [0.717, 1.165) is 0 Å². The molecule has 9 heteroatoms. The first-order valence-electron chi connectivity index (χ1n) is 8.75. The Morgan fingerprint density at radius 2 is 2.18 bits per heavy atom. The summed E-state index contributed by atoms with van der Waals surface area (Å²) in [5.41, 5.74) is 0. The molecule has 1 saturated heterocycles. The van der Waals surface area contributed by atoms with Crippen molar-refractivity contribution in [3.8, 4) is 11.5 Å². The van der Waals surface area contributed by atoms with E-state index in [1.807, 2.05) is 6.92 Å². The number of benzene rings is 1. The average molecular weight is 388 g/mol. The highest BCUT2D eigenvalue weighted by Gasteiger charge is 2.45. The number of phenolic OH excluding ortho intramolecular Hbond substituents is 1. The summed E-state index contributed by atoms with van der Waals surface area (Å²) in [6, 6.07) is 2.98. The van der Waals surface area contributed by atoms with Gasteiger partial charge in [0.05, 0.1) is 6.54 Å². The Morgan fingerprint density at radius 1 is 1.43 bits per heavy atom. The minimum atomic E-state index is -0.921. The normalized spacial score (nSPS) is 22.2. The Bertz CT molecular complexity index is 883. The quantitative estimate of drug-likeness (QED) is 0.521. The number of halogens is 1. The zero-order valence-corrected chi connectivity index (χ0v) is 15.5. The summed E-state index contributed by atoms with van der Waals surface area (Å²) in [6.45, 7) is 1.82. The first-order chi connectivity index (χ1) is 13.3. The molecule has 1 aromatic carbocycles. The third-order valence-electron chi connectivity index (χ3n) is 4.65. The maximum atomic E-state index is 13.9. The maximum Gasteiger partial charge on any atom is 0.251 e. The van der Waals surface area contributed by atoms with Crippen LogP contribution in [0, 0.1) is 11.2 Å². The molecule has 0 aliphatic carbocycles. The van der Waals surface area contributed by atoms with Crippen molar-refractivity contribution in [2.75, 3.05) is 13.6 Å². The van der Waals surface area contributed by atoms with Crippen molar-refractivity contribution < 1.29 is 23.8 Å². The number of amidine groups is 1. The second kappa shape index (κ2) is 7.71. The molecule has 3 rings (SSSR count). The number of hydrogen-bond acceptors (Lipinski definition) is 6. The van der Waals surface area contributed by atoms with E-state index >= 15 is 0 Å². The summed E-state index contributed by atoms with van der Waals surface area (Å²) in [4.78, 5) is 27.9. The molecular weight excluding hydrogens is 367 g/mol. The van der Waals surface area contributed by atoms with Gasteiger partial charge in [0.15, 0.2) is 11.5 Å². The third-order valence-corrected chi connectivity index (χ3v) is 4.65. The number of carbonyl (C=O) groups excluding carboxylic acids is 2. The Labute approximate surface area is 161 Å². The standard InChI is InChI=1S/C19H21FN4O4/c1-11-8-13(19(27)24(11)16(21)6-7-22-2)23-10-12(9-17(23)26)28-15-5-3-4-14(25)18(15)20/h3-7,9,11,13,21-22,25H,8,10H2,1-2H3/b7-6-,21-16?/t11?,13-/m0/s1. The number of likely N-dealkylation sites (tertiary alicyclic amines) is 1. The largest absolute Gasteiger partial charge is 0.505 e. The van der Waals surface area contributed by atoms with Crippen LogP contribution in [0.1, 0.15) is 13.3 Å². The predicted molar refractivity (Wildman–Crippen MR) is 99.1 cm³/mol. The van der Waals surface area contributed by atoms with Gasteiger partial charge < -0.3 is 20.1 Å². The number of amides is 2. The van der Waals surface area contributed by atoms with E-state index in [1.165, 1.54) is 40.2 Å². The Balaban J connectivity index is 1.71. The van der Waals surface area contributed by atoms with Gasteiger partial charge in [0.2, 0.25) is 5.82 Å². The first-order valence-corrected chi connectivity index (χ1v) is 8.75. The van der Waals surface area contributed by atoms with Gasteiger partial charge in [-0.05, 0) is 37.8 Å². The summed E-state index contributed by atoms with van der Waals surface area (Å²) in [6.07, 6.45) is 4.60. The smallest absolute Gasteiger partial charge is 0.251 e. The van der Waals surface area contributed by atoms with Gasteiger partial charge in [-0.25, -0.2) is 0 Å². The van der Waals surface area contributed by atoms with Gasteiger partial charge >= 0.3 is 0 Å². The van der Waals surface area contributed by atoms with Crippen LogP contribution in [0.15, 0.2) is 42.3 Å². The van der Waals surface area contributed by atoms with Crippen molar-refractivity contribution in [2.24, 2.45) is 0 Å². The monoisotopic (exact) mass is 388 g/mol. The average Bonchev–Trinajstić information content (AvgIpc) is 3.15. The molecule has 0 bridgehead atoms. The van der Waals surface area contributed by atoms with Gasteiger partial charge in [0, 0.05) is 19.2 Å². The van der Waals surface area contributed by atoms with Crippen LogP contribution in [0.5, 0.6) is 11.5 Å². The fourth-order valence-electron chi connectivity index (χ4n) is 3.32. The lowest BCUT2D eigenvalue weighted by atomic mass is 10.1. The van der Waals surface area contributed by atoms with E-state index in [2.05, 4.69) is 5.32 Å². The first kappa shape index (κ1) is 19.4. The van der Waals surface area contributed by atoms with E-state index in [1.54, 1.807) is 13.2 Å². The van der Waals surface area contributed by atoms with Gasteiger partial charge in [-0.2, -0.15) is 4.39 Å². The number of nitrogens with one attached hydrogen (secondary N) is 2. The summed E-state index contributed by atoms with van der Waals surface area (Å²) < 4.78 is 19.3. The third kappa shape index (κ3) is 3.55. The molecule has 0 aromatic heterocycles. The molecule has 0 saturated carbocycles. The molecule has 2 atom stereocenters. The van der Waals surface area contributed by atoms with Crippen molar-refractivity contribution >= 4 is 17.6 Å². The minimum absolute atomic E-state index is 0.00455. The number of nitrogens with zero attached hydrogens (tertiary/aromatic N) is 2. The van der Waals surface area contributed by atoms with Gasteiger partial charge in [0.1, 0.15) is 17.6 Å². The molecular formula is C19H21FN4O4. The lowest BCUT2D eigenvalue weighted by Crippen LogP contribution is -2.44. The zero-order chi connectivity index (χ0) is 20.4. The van der Waals surface area contributed by atoms with Crippen LogP contribution in [0.3, 0.4) is 0 Å². The highest BCUT2D eigenvalue weighted by atomic mass is 19.1. The number of aromatic hydroxyl groups is 1. The molecule has 1 aromatic rings. The van der Waals surface area contributed by atoms with E-state index in [9.17, 15) is 19.1 Å². The lowest BCUT2D eigenvalue weighted by molar-refractivity contribution is -0.136. The number of hydrogen-bond donors (Lipinski definition) is 3. The summed E-state index contributed by atoms with van der Waals surface area (Å²) in [5, 5.41) is 20.3. The van der Waals surface area contributed by atoms with Crippen molar-refractivity contribution in [2.45, 2.75) is 25.4 Å². The molecule has 0 radical (unpaired) electrons. The maximum absolute atomic E-state index is 13.9. The van der Waals surface area contributed by atoms with Crippen LogP contribution in [0.4, 0.5) is 4.39 Å². The number of phenols is 1. The number of rotatable bonds is 5. The second-order valence-corrected chi connectivity index (χ2v) is 6.58. The van der Waals surface area contributed by atoms with E-state index in [4.69, 9.17) is 10.1 Å². The molecule has 3 N–H and O–H groups in total. The molecule has 2 aliphatic rings. The molecule has 2 heterocycles. The fraction of sp³-hybridized carbons (Fsp3) is 0.316.